The van der Waals surface area contributed by atoms with E-state index in [1.807, 2.05) is 42.5 Å². The molecule has 0 radical (unpaired) electrons. The zero-order valence-corrected chi connectivity index (χ0v) is 22.9. The first-order chi connectivity index (χ1) is 17.8. The third-order valence-electron chi connectivity index (χ3n) is 8.01. The van der Waals surface area contributed by atoms with Crippen molar-refractivity contribution in [3.05, 3.63) is 96.6 Å². The summed E-state index contributed by atoms with van der Waals surface area (Å²) in [5, 5.41) is 13.3. The van der Waals surface area contributed by atoms with Crippen molar-refractivity contribution < 1.29 is 19.1 Å². The Labute approximate surface area is 221 Å². The predicted octanol–water partition coefficient (Wildman–Crippen LogP) is 4.72. The minimum absolute atomic E-state index is 0.00695. The monoisotopic (exact) mass is 515 g/mol. The second-order valence-electron chi connectivity index (χ2n) is 11.4. The van der Waals surface area contributed by atoms with E-state index in [4.69, 9.17) is 9.16 Å². The Hall–Kier alpha value is -2.93. The van der Waals surface area contributed by atoms with Gasteiger partial charge in [-0.1, -0.05) is 112 Å². The smallest absolute Gasteiger partial charge is 0.410 e. The van der Waals surface area contributed by atoms with Crippen molar-refractivity contribution in [1.82, 2.24) is 4.90 Å². The van der Waals surface area contributed by atoms with Crippen LogP contribution in [0.2, 0.25) is 5.04 Å². The number of aliphatic hydroxyl groups excluding tert-OH is 1. The number of ether oxygens (including phenoxy) is 1. The first-order valence-electron chi connectivity index (χ1n) is 13.2. The lowest BCUT2D eigenvalue weighted by atomic mass is 10.0. The Morgan fingerprint density at radius 3 is 1.97 bits per heavy atom. The van der Waals surface area contributed by atoms with Crippen molar-refractivity contribution >= 4 is 24.8 Å². The molecule has 0 spiro atoms. The lowest BCUT2D eigenvalue weighted by Crippen LogP contribution is -2.67. The molecule has 1 heterocycles. The van der Waals surface area contributed by atoms with Gasteiger partial charge >= 0.3 is 6.09 Å². The SMILES string of the molecule is CC(C)(C)[Si](OC1CC2C(O)CN(C(=O)OCc3ccccc3)C2C1)(c1ccccc1)c1ccccc1. The molecule has 1 N–H and O–H groups in total. The average molecular weight is 516 g/mol. The number of amides is 1. The van der Waals surface area contributed by atoms with E-state index in [0.717, 1.165) is 12.0 Å². The topological polar surface area (TPSA) is 59.0 Å². The molecule has 4 unspecified atom stereocenters. The molecule has 1 aliphatic heterocycles. The number of carbonyl (C=O) groups is 1. The molecule has 37 heavy (non-hydrogen) atoms. The van der Waals surface area contributed by atoms with Crippen LogP contribution in [0.3, 0.4) is 0 Å². The Kier molecular flexibility index (Phi) is 7.25. The number of β-amino-alcohol motifs (C(OH)–C–C–N with tert-alkyl or cyclic N) is 1. The van der Waals surface area contributed by atoms with Crippen molar-refractivity contribution in [1.29, 1.82) is 0 Å². The third kappa shape index (κ3) is 4.98. The predicted molar refractivity (Wildman–Crippen MR) is 148 cm³/mol. The summed E-state index contributed by atoms with van der Waals surface area (Å²) >= 11 is 0. The highest BCUT2D eigenvalue weighted by Crippen LogP contribution is 2.44. The number of rotatable bonds is 6. The van der Waals surface area contributed by atoms with Gasteiger partial charge in [0.2, 0.25) is 0 Å². The fourth-order valence-corrected chi connectivity index (χ4v) is 11.0. The highest BCUT2D eigenvalue weighted by Gasteiger charge is 2.55. The van der Waals surface area contributed by atoms with Gasteiger partial charge in [0.25, 0.3) is 8.32 Å². The number of hydrogen-bond donors (Lipinski definition) is 1. The first-order valence-corrected chi connectivity index (χ1v) is 15.1. The molecule has 2 fully saturated rings. The zero-order valence-electron chi connectivity index (χ0n) is 21.9. The molecule has 1 saturated heterocycles. The summed E-state index contributed by atoms with van der Waals surface area (Å²) in [5.74, 6) is -0.00695. The van der Waals surface area contributed by atoms with Gasteiger partial charge in [0, 0.05) is 18.1 Å². The van der Waals surface area contributed by atoms with Crippen LogP contribution in [0.4, 0.5) is 4.79 Å². The molecule has 5 nitrogen and oxygen atoms in total. The van der Waals surface area contributed by atoms with E-state index >= 15 is 0 Å². The number of benzene rings is 3. The fourth-order valence-electron chi connectivity index (χ4n) is 6.29. The van der Waals surface area contributed by atoms with Gasteiger partial charge in [-0.15, -0.1) is 0 Å². The van der Waals surface area contributed by atoms with Crippen LogP contribution in [0, 0.1) is 5.92 Å². The van der Waals surface area contributed by atoms with Crippen LogP contribution in [0.1, 0.15) is 39.2 Å². The van der Waals surface area contributed by atoms with Crippen LogP contribution < -0.4 is 10.4 Å². The van der Waals surface area contributed by atoms with Crippen molar-refractivity contribution in [2.24, 2.45) is 5.92 Å². The largest absolute Gasteiger partial charge is 0.445 e. The Bertz CT molecular complexity index is 1140. The van der Waals surface area contributed by atoms with E-state index < -0.39 is 14.4 Å². The average Bonchev–Trinajstić information content (AvgIpc) is 3.46. The van der Waals surface area contributed by atoms with Crippen molar-refractivity contribution in [3.63, 3.8) is 0 Å². The molecular weight excluding hydrogens is 478 g/mol. The maximum absolute atomic E-state index is 13.1. The van der Waals surface area contributed by atoms with Gasteiger partial charge in [0.05, 0.1) is 12.6 Å². The Balaban J connectivity index is 1.39. The van der Waals surface area contributed by atoms with E-state index in [1.54, 1.807) is 4.90 Å². The summed E-state index contributed by atoms with van der Waals surface area (Å²) in [7, 11) is -2.71. The van der Waals surface area contributed by atoms with Crippen LogP contribution in [0.15, 0.2) is 91.0 Å². The molecule has 1 amide bonds. The van der Waals surface area contributed by atoms with E-state index in [1.165, 1.54) is 10.4 Å². The van der Waals surface area contributed by atoms with Gasteiger partial charge in [0.15, 0.2) is 0 Å². The number of fused-ring (bicyclic) bond motifs is 1. The quantitative estimate of drug-likeness (QED) is 0.483. The van der Waals surface area contributed by atoms with Gasteiger partial charge in [0.1, 0.15) is 6.61 Å². The van der Waals surface area contributed by atoms with Crippen LogP contribution in [0.25, 0.3) is 0 Å². The maximum atomic E-state index is 13.1. The van der Waals surface area contributed by atoms with E-state index in [9.17, 15) is 9.90 Å². The fraction of sp³-hybridized carbons (Fsp3) is 0.387. The first kappa shape index (κ1) is 25.7. The lowest BCUT2D eigenvalue weighted by Gasteiger charge is -2.45. The molecule has 1 aliphatic carbocycles. The van der Waals surface area contributed by atoms with E-state index in [2.05, 4.69) is 69.3 Å². The van der Waals surface area contributed by atoms with Crippen molar-refractivity contribution in [2.45, 2.75) is 63.5 Å². The van der Waals surface area contributed by atoms with Gasteiger partial charge in [-0.2, -0.15) is 0 Å². The van der Waals surface area contributed by atoms with Gasteiger partial charge in [-0.25, -0.2) is 4.79 Å². The van der Waals surface area contributed by atoms with Crippen LogP contribution in [-0.2, 0) is 15.8 Å². The summed E-state index contributed by atoms with van der Waals surface area (Å²) < 4.78 is 13.0. The number of hydrogen-bond acceptors (Lipinski definition) is 4. The Morgan fingerprint density at radius 2 is 1.43 bits per heavy atom. The molecule has 1 saturated carbocycles. The molecule has 4 atom stereocenters. The molecule has 2 aliphatic rings. The molecule has 5 rings (SSSR count). The highest BCUT2D eigenvalue weighted by atomic mass is 28.4. The minimum atomic E-state index is -2.71. The second-order valence-corrected chi connectivity index (χ2v) is 15.6. The van der Waals surface area contributed by atoms with Gasteiger partial charge in [-0.3, -0.25) is 0 Å². The summed E-state index contributed by atoms with van der Waals surface area (Å²) in [6.45, 7) is 7.37. The summed E-state index contributed by atoms with van der Waals surface area (Å²) in [4.78, 5) is 14.8. The lowest BCUT2D eigenvalue weighted by molar-refractivity contribution is 0.0800. The molecular formula is C31H37NO4Si. The van der Waals surface area contributed by atoms with Crippen LogP contribution in [-0.4, -0.2) is 49.2 Å². The maximum Gasteiger partial charge on any atom is 0.410 e. The van der Waals surface area contributed by atoms with E-state index in [0.29, 0.717) is 13.0 Å². The summed E-state index contributed by atoms with van der Waals surface area (Å²) in [5.41, 5.74) is 0.950. The van der Waals surface area contributed by atoms with Crippen molar-refractivity contribution in [2.75, 3.05) is 6.54 Å². The number of carbonyl (C=O) groups excluding carboxylic acids is 1. The molecule has 3 aromatic rings. The zero-order chi connectivity index (χ0) is 26.0. The number of nitrogens with zero attached hydrogens (tertiary/aromatic N) is 1. The van der Waals surface area contributed by atoms with E-state index in [-0.39, 0.29) is 35.8 Å². The third-order valence-corrected chi connectivity index (χ3v) is 13.1. The van der Waals surface area contributed by atoms with Crippen LogP contribution in [0.5, 0.6) is 0 Å². The minimum Gasteiger partial charge on any atom is -0.445 e. The molecule has 0 bridgehead atoms. The highest BCUT2D eigenvalue weighted by molar-refractivity contribution is 6.99. The van der Waals surface area contributed by atoms with Crippen molar-refractivity contribution in [3.8, 4) is 0 Å². The number of aliphatic hydroxyl groups is 1. The van der Waals surface area contributed by atoms with Gasteiger partial charge in [-0.05, 0) is 33.8 Å². The number of likely N-dealkylation sites (tertiary alicyclic amines) is 1. The standard InChI is InChI=1S/C31H37NO4Si/c1-31(2,3)37(25-15-9-5-10-16-25,26-17-11-6-12-18-26)36-24-19-27-28(20-24)32(21-29(27)33)30(34)35-22-23-13-7-4-8-14-23/h4-18,24,27-29,33H,19-22H2,1-3H3. The molecule has 3 aromatic carbocycles. The Morgan fingerprint density at radius 1 is 0.892 bits per heavy atom. The van der Waals surface area contributed by atoms with Gasteiger partial charge < -0.3 is 19.2 Å². The molecule has 0 aromatic heterocycles. The second kappa shape index (κ2) is 10.4. The summed E-state index contributed by atoms with van der Waals surface area (Å²) in [6.07, 6.45) is 0.454. The molecule has 194 valence electrons. The normalized spacial score (nSPS) is 23.6. The summed E-state index contributed by atoms with van der Waals surface area (Å²) in [6, 6.07) is 30.9. The molecule has 6 heteroatoms. The van der Waals surface area contributed by atoms with Crippen LogP contribution >= 0.6 is 0 Å².